The molecule has 0 unspecified atom stereocenters. The molecular formula is C39H22N4OS. The monoisotopic (exact) mass is 594 g/mol. The summed E-state index contributed by atoms with van der Waals surface area (Å²) in [6.07, 6.45) is 0. The van der Waals surface area contributed by atoms with E-state index in [0.29, 0.717) is 17.6 Å². The first-order valence-corrected chi connectivity index (χ1v) is 15.7. The molecule has 0 aliphatic rings. The number of hydrogen-bond acceptors (Lipinski definition) is 5. The molecule has 4 aromatic heterocycles. The van der Waals surface area contributed by atoms with E-state index in [-0.39, 0.29) is 0 Å². The van der Waals surface area contributed by atoms with Crippen LogP contribution < -0.4 is 0 Å². The van der Waals surface area contributed by atoms with Crippen LogP contribution in [-0.2, 0) is 0 Å². The van der Waals surface area contributed by atoms with Gasteiger partial charge in [0.15, 0.2) is 11.6 Å². The highest BCUT2D eigenvalue weighted by molar-refractivity contribution is 7.27. The molecule has 10 aromatic rings. The van der Waals surface area contributed by atoms with Crippen LogP contribution in [0.4, 0.5) is 0 Å². The summed E-state index contributed by atoms with van der Waals surface area (Å²) in [5.74, 6) is 1.83. The van der Waals surface area contributed by atoms with Crippen molar-refractivity contribution in [2.45, 2.75) is 0 Å². The van der Waals surface area contributed by atoms with Crippen molar-refractivity contribution in [2.75, 3.05) is 0 Å². The van der Waals surface area contributed by atoms with E-state index in [1.54, 1.807) is 0 Å². The average Bonchev–Trinajstić information content (AvgIpc) is 3.78. The molecule has 0 radical (unpaired) electrons. The number of para-hydroxylation sites is 2. The largest absolute Gasteiger partial charge is 0.455 e. The first-order chi connectivity index (χ1) is 22.3. The number of benzene rings is 6. The highest BCUT2D eigenvalue weighted by Crippen LogP contribution is 2.50. The molecule has 0 saturated carbocycles. The van der Waals surface area contributed by atoms with E-state index in [9.17, 15) is 0 Å². The van der Waals surface area contributed by atoms with Gasteiger partial charge in [-0.05, 0) is 18.2 Å². The Balaban J connectivity index is 1.44. The van der Waals surface area contributed by atoms with Gasteiger partial charge in [0.2, 0.25) is 5.95 Å². The van der Waals surface area contributed by atoms with E-state index in [2.05, 4.69) is 71.3 Å². The zero-order chi connectivity index (χ0) is 29.5. The summed E-state index contributed by atoms with van der Waals surface area (Å²) in [6, 6.07) is 45.8. The van der Waals surface area contributed by atoms with Crippen molar-refractivity contribution in [3.8, 4) is 28.7 Å². The first kappa shape index (κ1) is 24.6. The van der Waals surface area contributed by atoms with Crippen LogP contribution in [-0.4, -0.2) is 19.5 Å². The molecule has 10 rings (SSSR count). The Bertz CT molecular complexity index is 2700. The first-order valence-electron chi connectivity index (χ1n) is 14.9. The maximum Gasteiger partial charge on any atom is 0.238 e. The van der Waals surface area contributed by atoms with Crippen molar-refractivity contribution in [3.63, 3.8) is 0 Å². The lowest BCUT2D eigenvalue weighted by atomic mass is 10.0. The van der Waals surface area contributed by atoms with Crippen molar-refractivity contribution in [1.29, 1.82) is 0 Å². The van der Waals surface area contributed by atoms with Gasteiger partial charge in [-0.15, -0.1) is 11.3 Å². The quantitative estimate of drug-likeness (QED) is 0.204. The molecule has 0 amide bonds. The van der Waals surface area contributed by atoms with Gasteiger partial charge in [0.25, 0.3) is 0 Å². The number of nitrogens with zero attached hydrogens (tertiary/aromatic N) is 4. The Labute approximate surface area is 260 Å². The molecule has 6 heteroatoms. The Hall–Kier alpha value is -5.85. The Morgan fingerprint density at radius 1 is 0.511 bits per heavy atom. The van der Waals surface area contributed by atoms with Gasteiger partial charge in [-0.3, -0.25) is 4.57 Å². The van der Waals surface area contributed by atoms with Crippen LogP contribution in [0.1, 0.15) is 0 Å². The molecule has 0 aliphatic carbocycles. The molecule has 0 bridgehead atoms. The molecule has 6 aromatic carbocycles. The van der Waals surface area contributed by atoms with Crippen molar-refractivity contribution in [3.05, 3.63) is 133 Å². The summed E-state index contributed by atoms with van der Waals surface area (Å²) < 4.78 is 11.4. The Kier molecular flexibility index (Phi) is 5.09. The smallest absolute Gasteiger partial charge is 0.238 e. The fourth-order valence-corrected chi connectivity index (χ4v) is 7.97. The van der Waals surface area contributed by atoms with Gasteiger partial charge in [-0.1, -0.05) is 115 Å². The summed E-state index contributed by atoms with van der Waals surface area (Å²) in [5, 5.41) is 6.86. The standard InChI is InChI=1S/C39H22N4OS/c1-3-13-23(14-4-1)37-40-38(24-15-5-2-6-16-24)42-39(41-37)43-28-20-10-7-17-25(28)33-34(43)36-32(27-19-9-12-22-30(27)45-36)31-26-18-8-11-21-29(26)44-35(31)33/h1-22H. The number of thiophene rings is 1. The van der Waals surface area contributed by atoms with E-state index in [1.807, 2.05) is 78.1 Å². The van der Waals surface area contributed by atoms with Crippen LogP contribution >= 0.6 is 11.3 Å². The van der Waals surface area contributed by atoms with E-state index >= 15 is 0 Å². The van der Waals surface area contributed by atoms with E-state index in [1.165, 1.54) is 20.2 Å². The van der Waals surface area contributed by atoms with Crippen molar-refractivity contribution >= 4 is 75.3 Å². The fourth-order valence-electron chi connectivity index (χ4n) is 6.72. The second kappa shape index (κ2) is 9.32. The molecule has 0 N–H and O–H groups in total. The maximum absolute atomic E-state index is 6.77. The van der Waals surface area contributed by atoms with Crippen LogP contribution in [0.3, 0.4) is 0 Å². The molecule has 5 nitrogen and oxygen atoms in total. The highest BCUT2D eigenvalue weighted by Gasteiger charge is 2.26. The number of hydrogen-bond donors (Lipinski definition) is 0. The lowest BCUT2D eigenvalue weighted by Gasteiger charge is -2.11. The van der Waals surface area contributed by atoms with Gasteiger partial charge < -0.3 is 4.42 Å². The molecule has 4 heterocycles. The van der Waals surface area contributed by atoms with Crippen molar-refractivity contribution in [1.82, 2.24) is 19.5 Å². The summed E-state index contributed by atoms with van der Waals surface area (Å²) in [4.78, 5) is 15.3. The third-order valence-corrected chi connectivity index (χ3v) is 9.82. The minimum absolute atomic E-state index is 0.572. The molecule has 45 heavy (non-hydrogen) atoms. The minimum Gasteiger partial charge on any atom is -0.455 e. The topological polar surface area (TPSA) is 56.7 Å². The van der Waals surface area contributed by atoms with Crippen LogP contribution in [0.5, 0.6) is 0 Å². The lowest BCUT2D eigenvalue weighted by Crippen LogP contribution is -2.06. The van der Waals surface area contributed by atoms with Crippen molar-refractivity contribution < 1.29 is 4.42 Å². The Morgan fingerprint density at radius 2 is 1.11 bits per heavy atom. The van der Waals surface area contributed by atoms with Gasteiger partial charge in [0, 0.05) is 42.8 Å². The molecule has 0 spiro atoms. The van der Waals surface area contributed by atoms with Crippen LogP contribution in [0.2, 0.25) is 0 Å². The number of rotatable bonds is 3. The van der Waals surface area contributed by atoms with Gasteiger partial charge >= 0.3 is 0 Å². The lowest BCUT2D eigenvalue weighted by molar-refractivity contribution is 0.673. The number of furan rings is 1. The second-order valence-corrected chi connectivity index (χ2v) is 12.2. The van der Waals surface area contributed by atoms with Gasteiger partial charge in [0.05, 0.1) is 21.1 Å². The summed E-state index contributed by atoms with van der Waals surface area (Å²) in [7, 11) is 0. The summed E-state index contributed by atoms with van der Waals surface area (Å²) >= 11 is 1.81. The van der Waals surface area contributed by atoms with E-state index in [4.69, 9.17) is 19.4 Å². The van der Waals surface area contributed by atoms with Gasteiger partial charge in [0.1, 0.15) is 11.2 Å². The van der Waals surface area contributed by atoms with Crippen LogP contribution in [0.25, 0.3) is 92.6 Å². The predicted molar refractivity (Wildman–Crippen MR) is 185 cm³/mol. The molecule has 210 valence electrons. The molecule has 0 fully saturated rings. The Morgan fingerprint density at radius 3 is 1.84 bits per heavy atom. The third kappa shape index (κ3) is 3.51. The molecule has 0 saturated heterocycles. The molecule has 0 atom stereocenters. The average molecular weight is 595 g/mol. The van der Waals surface area contributed by atoms with Gasteiger partial charge in [-0.2, -0.15) is 9.97 Å². The van der Waals surface area contributed by atoms with Crippen LogP contribution in [0, 0.1) is 0 Å². The zero-order valence-electron chi connectivity index (χ0n) is 23.8. The summed E-state index contributed by atoms with van der Waals surface area (Å²) in [5.41, 5.74) is 5.70. The second-order valence-electron chi connectivity index (χ2n) is 11.2. The van der Waals surface area contributed by atoms with Crippen LogP contribution in [0.15, 0.2) is 138 Å². The SMILES string of the molecule is c1ccc(-c2nc(-c3ccccc3)nc(-n3c4ccccc4c4c5oc6ccccc6c5c5c6ccccc6sc5c43)n2)cc1. The fraction of sp³-hybridized carbons (Fsp3) is 0. The number of fused-ring (bicyclic) bond motifs is 12. The minimum atomic E-state index is 0.572. The maximum atomic E-state index is 6.77. The third-order valence-electron chi connectivity index (χ3n) is 8.65. The van der Waals surface area contributed by atoms with Crippen molar-refractivity contribution in [2.24, 2.45) is 0 Å². The highest BCUT2D eigenvalue weighted by atomic mass is 32.1. The van der Waals surface area contributed by atoms with E-state index in [0.717, 1.165) is 54.9 Å². The molecule has 0 aliphatic heterocycles. The van der Waals surface area contributed by atoms with Gasteiger partial charge in [-0.25, -0.2) is 4.98 Å². The normalized spacial score (nSPS) is 12.0. The van der Waals surface area contributed by atoms with E-state index < -0.39 is 0 Å². The zero-order valence-corrected chi connectivity index (χ0v) is 24.6. The summed E-state index contributed by atoms with van der Waals surface area (Å²) in [6.45, 7) is 0. The number of aromatic nitrogens is 4. The predicted octanol–water partition coefficient (Wildman–Crippen LogP) is 10.6. The molecular weight excluding hydrogens is 573 g/mol.